The van der Waals surface area contributed by atoms with Crippen LogP contribution >= 0.6 is 0 Å². The first-order valence-corrected chi connectivity index (χ1v) is 8.76. The van der Waals surface area contributed by atoms with Gasteiger partial charge in [0.15, 0.2) is 11.5 Å². The van der Waals surface area contributed by atoms with E-state index in [-0.39, 0.29) is 13.3 Å². The minimum absolute atomic E-state index is 0.0819. The highest BCUT2D eigenvalue weighted by Crippen LogP contribution is 2.34. The van der Waals surface area contributed by atoms with E-state index >= 15 is 0 Å². The Labute approximate surface area is 160 Å². The maximum Gasteiger partial charge on any atom is 0.313 e. The van der Waals surface area contributed by atoms with Crippen molar-refractivity contribution in [1.29, 1.82) is 0 Å². The zero-order chi connectivity index (χ0) is 19.5. The average molecular weight is 378 g/mol. The third-order valence-electron chi connectivity index (χ3n) is 4.47. The molecule has 0 saturated heterocycles. The monoisotopic (exact) mass is 378 g/mol. The number of hydrogen-bond donors (Lipinski definition) is 3. The fourth-order valence-corrected chi connectivity index (χ4v) is 3.08. The minimum Gasteiger partial charge on any atom is -0.454 e. The lowest BCUT2D eigenvalue weighted by molar-refractivity contribution is -0.136. The summed E-state index contributed by atoms with van der Waals surface area (Å²) in [4.78, 5) is 24.2. The van der Waals surface area contributed by atoms with E-state index in [9.17, 15) is 14.7 Å². The Balaban J connectivity index is 1.37. The number of benzene rings is 3. The van der Waals surface area contributed by atoms with Crippen molar-refractivity contribution < 1.29 is 24.2 Å². The van der Waals surface area contributed by atoms with Crippen LogP contribution in [0.25, 0.3) is 10.8 Å². The molecule has 28 heavy (non-hydrogen) atoms. The van der Waals surface area contributed by atoms with Crippen molar-refractivity contribution >= 4 is 28.3 Å². The fourth-order valence-electron chi connectivity index (χ4n) is 3.08. The van der Waals surface area contributed by atoms with Crippen LogP contribution in [0.5, 0.6) is 11.5 Å². The van der Waals surface area contributed by atoms with Gasteiger partial charge < -0.3 is 25.2 Å². The molecule has 3 aromatic rings. The first-order chi connectivity index (χ1) is 13.6. The fraction of sp³-hybridized carbons (Fsp3) is 0.143. The van der Waals surface area contributed by atoms with Crippen LogP contribution in [-0.4, -0.2) is 30.3 Å². The highest BCUT2D eigenvalue weighted by atomic mass is 16.7. The smallest absolute Gasteiger partial charge is 0.313 e. The van der Waals surface area contributed by atoms with E-state index in [0.29, 0.717) is 22.7 Å². The predicted octanol–water partition coefficient (Wildman–Crippen LogP) is 2.36. The first kappa shape index (κ1) is 17.8. The molecule has 0 spiro atoms. The highest BCUT2D eigenvalue weighted by molar-refractivity contribution is 6.39. The molecule has 1 aliphatic rings. The van der Waals surface area contributed by atoms with Gasteiger partial charge in [-0.2, -0.15) is 0 Å². The topological polar surface area (TPSA) is 96.9 Å². The molecule has 7 heteroatoms. The summed E-state index contributed by atoms with van der Waals surface area (Å²) in [6, 6.07) is 18.1. The summed E-state index contributed by atoms with van der Waals surface area (Å²) in [6.45, 7) is 0.0423. The lowest BCUT2D eigenvalue weighted by Crippen LogP contribution is -2.37. The van der Waals surface area contributed by atoms with Crippen LogP contribution in [0.1, 0.15) is 11.7 Å². The highest BCUT2D eigenvalue weighted by Gasteiger charge is 2.19. The summed E-state index contributed by atoms with van der Waals surface area (Å²) in [5, 5.41) is 17.3. The number of rotatable bonds is 4. The summed E-state index contributed by atoms with van der Waals surface area (Å²) in [5.74, 6) is -0.578. The number of anilines is 1. The van der Waals surface area contributed by atoms with Gasteiger partial charge >= 0.3 is 11.8 Å². The summed E-state index contributed by atoms with van der Waals surface area (Å²) >= 11 is 0. The average Bonchev–Trinajstić information content (AvgIpc) is 3.19. The Bertz CT molecular complexity index is 1040. The van der Waals surface area contributed by atoms with E-state index in [4.69, 9.17) is 9.47 Å². The third-order valence-corrected chi connectivity index (χ3v) is 4.47. The molecular formula is C21H18N2O5. The Kier molecular flexibility index (Phi) is 4.82. The summed E-state index contributed by atoms with van der Waals surface area (Å²) < 4.78 is 10.4. The molecule has 0 saturated carbocycles. The van der Waals surface area contributed by atoms with Gasteiger partial charge in [-0.1, -0.05) is 42.5 Å². The molecule has 0 aliphatic carbocycles. The molecule has 1 atom stereocenters. The normalized spacial score (nSPS) is 13.2. The quantitative estimate of drug-likeness (QED) is 0.606. The van der Waals surface area contributed by atoms with Gasteiger partial charge in [0.05, 0.1) is 6.10 Å². The number of aliphatic hydroxyl groups excluding tert-OH is 1. The molecule has 4 rings (SSSR count). The molecule has 7 nitrogen and oxygen atoms in total. The lowest BCUT2D eigenvalue weighted by Gasteiger charge is -2.14. The molecule has 1 heterocycles. The van der Waals surface area contributed by atoms with Crippen LogP contribution in [0, 0.1) is 0 Å². The number of hydrogen-bond acceptors (Lipinski definition) is 5. The van der Waals surface area contributed by atoms with Crippen LogP contribution in [0.2, 0.25) is 0 Å². The van der Waals surface area contributed by atoms with Crippen molar-refractivity contribution in [2.45, 2.75) is 6.10 Å². The van der Waals surface area contributed by atoms with E-state index in [1.165, 1.54) is 0 Å². The standard InChI is InChI=1S/C21H18N2O5/c24-17(16-7-3-5-13-4-1-2-6-15(13)16)11-22-20(25)21(26)23-14-8-9-18-19(10-14)28-12-27-18/h1-10,17,24H,11-12H2,(H,22,25)(H,23,26)/t17-/m0/s1. The number of fused-ring (bicyclic) bond motifs is 2. The van der Waals surface area contributed by atoms with Crippen LogP contribution in [0.15, 0.2) is 60.7 Å². The Morgan fingerprint density at radius 3 is 2.64 bits per heavy atom. The first-order valence-electron chi connectivity index (χ1n) is 8.76. The van der Waals surface area contributed by atoms with Crippen LogP contribution in [-0.2, 0) is 9.59 Å². The van der Waals surface area contributed by atoms with Crippen molar-refractivity contribution in [3.05, 3.63) is 66.2 Å². The number of nitrogens with one attached hydrogen (secondary N) is 2. The zero-order valence-corrected chi connectivity index (χ0v) is 14.8. The van der Waals surface area contributed by atoms with Gasteiger partial charge in [-0.15, -0.1) is 0 Å². The number of carbonyl (C=O) groups is 2. The second-order valence-corrected chi connectivity index (χ2v) is 6.32. The second kappa shape index (κ2) is 7.58. The minimum atomic E-state index is -0.937. The van der Waals surface area contributed by atoms with E-state index in [1.54, 1.807) is 24.3 Å². The molecule has 0 fully saturated rings. The van der Waals surface area contributed by atoms with E-state index < -0.39 is 17.9 Å². The zero-order valence-electron chi connectivity index (χ0n) is 14.8. The second-order valence-electron chi connectivity index (χ2n) is 6.32. The molecule has 142 valence electrons. The van der Waals surface area contributed by atoms with Crippen molar-refractivity contribution in [1.82, 2.24) is 5.32 Å². The van der Waals surface area contributed by atoms with E-state index in [2.05, 4.69) is 10.6 Å². The van der Waals surface area contributed by atoms with E-state index in [0.717, 1.165) is 10.8 Å². The maximum atomic E-state index is 12.1. The van der Waals surface area contributed by atoms with Crippen LogP contribution in [0.4, 0.5) is 5.69 Å². The largest absolute Gasteiger partial charge is 0.454 e. The molecule has 2 amide bonds. The molecule has 1 aliphatic heterocycles. The molecule has 0 radical (unpaired) electrons. The number of carbonyl (C=O) groups excluding carboxylic acids is 2. The summed E-state index contributed by atoms with van der Waals surface area (Å²) in [5.41, 5.74) is 1.11. The molecule has 0 bridgehead atoms. The molecule has 3 N–H and O–H groups in total. The van der Waals surface area contributed by atoms with Gasteiger partial charge in [0, 0.05) is 18.3 Å². The van der Waals surface area contributed by atoms with Crippen molar-refractivity contribution in [3.8, 4) is 11.5 Å². The van der Waals surface area contributed by atoms with Gasteiger partial charge in [0.1, 0.15) is 0 Å². The third kappa shape index (κ3) is 3.60. The van der Waals surface area contributed by atoms with Gasteiger partial charge in [0.2, 0.25) is 6.79 Å². The number of aliphatic hydroxyl groups is 1. The van der Waals surface area contributed by atoms with Crippen molar-refractivity contribution in [2.24, 2.45) is 0 Å². The predicted molar refractivity (Wildman–Crippen MR) is 103 cm³/mol. The molecule has 3 aromatic carbocycles. The molecule has 0 unspecified atom stereocenters. The van der Waals surface area contributed by atoms with Crippen LogP contribution in [0.3, 0.4) is 0 Å². The maximum absolute atomic E-state index is 12.1. The number of ether oxygens (including phenoxy) is 2. The number of amides is 2. The lowest BCUT2D eigenvalue weighted by atomic mass is 10.0. The van der Waals surface area contributed by atoms with Gasteiger partial charge in [-0.05, 0) is 28.5 Å². The Hall–Kier alpha value is -3.58. The summed E-state index contributed by atoms with van der Waals surface area (Å²) in [7, 11) is 0. The Morgan fingerprint density at radius 2 is 1.75 bits per heavy atom. The molecular weight excluding hydrogens is 360 g/mol. The van der Waals surface area contributed by atoms with E-state index in [1.807, 2.05) is 36.4 Å². The van der Waals surface area contributed by atoms with Gasteiger partial charge in [-0.3, -0.25) is 9.59 Å². The summed E-state index contributed by atoms with van der Waals surface area (Å²) in [6.07, 6.45) is -0.937. The van der Waals surface area contributed by atoms with Crippen LogP contribution < -0.4 is 20.1 Å². The SMILES string of the molecule is O=C(NC[C@H](O)c1cccc2ccccc12)C(=O)Nc1ccc2c(c1)OCO2. The van der Waals surface area contributed by atoms with Gasteiger partial charge in [0.25, 0.3) is 0 Å². The molecule has 0 aromatic heterocycles. The Morgan fingerprint density at radius 1 is 0.964 bits per heavy atom. The van der Waals surface area contributed by atoms with Crippen molar-refractivity contribution in [2.75, 3.05) is 18.7 Å². The van der Waals surface area contributed by atoms with Crippen molar-refractivity contribution in [3.63, 3.8) is 0 Å². The van der Waals surface area contributed by atoms with Gasteiger partial charge in [-0.25, -0.2) is 0 Å².